The second-order valence-corrected chi connectivity index (χ2v) is 14.2. The first-order valence-electron chi connectivity index (χ1n) is 15.9. The van der Waals surface area contributed by atoms with Gasteiger partial charge in [-0.3, -0.25) is 14.9 Å². The number of nitrogens with zero attached hydrogens (tertiary/aromatic N) is 2. The number of anilines is 1. The minimum Gasteiger partial charge on any atom is -0.490 e. The minimum absolute atomic E-state index is 0.153. The number of hydrogen-bond acceptors (Lipinski definition) is 6. The molecule has 8 nitrogen and oxygen atoms in total. The van der Waals surface area contributed by atoms with Gasteiger partial charge in [-0.2, -0.15) is 5.26 Å². The van der Waals surface area contributed by atoms with Gasteiger partial charge in [-0.1, -0.05) is 30.3 Å². The van der Waals surface area contributed by atoms with E-state index >= 15 is 0 Å². The molecule has 46 heavy (non-hydrogen) atoms. The Labute approximate surface area is 281 Å². The molecule has 3 aromatic rings. The van der Waals surface area contributed by atoms with E-state index in [4.69, 9.17) is 9.47 Å². The molecule has 0 aromatic heterocycles. The Morgan fingerprint density at radius 2 is 1.65 bits per heavy atom. The SMILES string of the molecule is CCOc1cc(/C=C2\C(=O)NC(=O)N(c3ccc(C45CC6CC(CC(C6)C4)C5)cc3)C2=O)cc(I)c1OCc1ccccc1C#N. The molecule has 0 unspecified atom stereocenters. The zero-order valence-corrected chi connectivity index (χ0v) is 27.7. The fourth-order valence-electron chi connectivity index (χ4n) is 8.47. The van der Waals surface area contributed by atoms with Crippen molar-refractivity contribution in [2.75, 3.05) is 11.5 Å². The van der Waals surface area contributed by atoms with E-state index < -0.39 is 17.8 Å². The summed E-state index contributed by atoms with van der Waals surface area (Å²) in [6.45, 7) is 2.38. The Bertz CT molecular complexity index is 1770. The predicted molar refractivity (Wildman–Crippen MR) is 181 cm³/mol. The molecule has 1 aliphatic heterocycles. The summed E-state index contributed by atoms with van der Waals surface area (Å²) in [6.07, 6.45) is 9.23. The summed E-state index contributed by atoms with van der Waals surface area (Å²) >= 11 is 2.12. The fourth-order valence-corrected chi connectivity index (χ4v) is 9.25. The lowest BCUT2D eigenvalue weighted by Gasteiger charge is -2.57. The maximum Gasteiger partial charge on any atom is 0.335 e. The van der Waals surface area contributed by atoms with Crippen LogP contribution < -0.4 is 19.7 Å². The van der Waals surface area contributed by atoms with Crippen LogP contribution in [0.4, 0.5) is 10.5 Å². The average Bonchev–Trinajstić information content (AvgIpc) is 3.02. The van der Waals surface area contributed by atoms with Gasteiger partial charge in [-0.25, -0.2) is 9.69 Å². The number of nitriles is 1. The molecule has 1 saturated heterocycles. The molecule has 4 amide bonds. The van der Waals surface area contributed by atoms with E-state index in [2.05, 4.69) is 46.1 Å². The first kappa shape index (κ1) is 30.5. The zero-order chi connectivity index (χ0) is 32.0. The topological polar surface area (TPSA) is 109 Å². The minimum atomic E-state index is -0.763. The van der Waals surface area contributed by atoms with Crippen LogP contribution in [0.5, 0.6) is 11.5 Å². The number of rotatable bonds is 8. The van der Waals surface area contributed by atoms with Gasteiger partial charge in [-0.15, -0.1) is 0 Å². The highest BCUT2D eigenvalue weighted by molar-refractivity contribution is 14.1. The third-order valence-electron chi connectivity index (χ3n) is 10.0. The molecule has 3 aromatic carbocycles. The number of benzene rings is 3. The molecule has 1 heterocycles. The molecule has 4 bridgehead atoms. The molecule has 4 saturated carbocycles. The number of nitrogens with one attached hydrogen (secondary N) is 1. The number of carbonyl (C=O) groups is 3. The summed E-state index contributed by atoms with van der Waals surface area (Å²) < 4.78 is 12.7. The van der Waals surface area contributed by atoms with Crippen molar-refractivity contribution >= 4 is 52.2 Å². The number of urea groups is 1. The van der Waals surface area contributed by atoms with Crippen molar-refractivity contribution in [1.82, 2.24) is 5.32 Å². The Morgan fingerprint density at radius 3 is 2.30 bits per heavy atom. The first-order valence-corrected chi connectivity index (χ1v) is 16.9. The van der Waals surface area contributed by atoms with Crippen LogP contribution in [0, 0.1) is 32.7 Å². The van der Waals surface area contributed by atoms with Crippen LogP contribution in [0.3, 0.4) is 0 Å². The largest absolute Gasteiger partial charge is 0.490 e. The maximum atomic E-state index is 13.7. The molecular formula is C37H34IN3O5. The molecule has 9 heteroatoms. The predicted octanol–water partition coefficient (Wildman–Crippen LogP) is 7.27. The Kier molecular flexibility index (Phi) is 8.09. The van der Waals surface area contributed by atoms with Gasteiger partial charge in [0.05, 0.1) is 27.5 Å². The first-order chi connectivity index (χ1) is 22.3. The van der Waals surface area contributed by atoms with Gasteiger partial charge in [0.2, 0.25) is 0 Å². The smallest absolute Gasteiger partial charge is 0.335 e. The number of imide groups is 2. The van der Waals surface area contributed by atoms with E-state index in [1.165, 1.54) is 50.2 Å². The van der Waals surface area contributed by atoms with Crippen molar-refractivity contribution in [1.29, 1.82) is 5.26 Å². The molecule has 0 atom stereocenters. The van der Waals surface area contributed by atoms with Crippen LogP contribution in [0.25, 0.3) is 6.08 Å². The highest BCUT2D eigenvalue weighted by Crippen LogP contribution is 2.60. The van der Waals surface area contributed by atoms with Crippen LogP contribution in [0.2, 0.25) is 0 Å². The lowest BCUT2D eigenvalue weighted by molar-refractivity contribution is -0.122. The van der Waals surface area contributed by atoms with Gasteiger partial charge in [0.15, 0.2) is 11.5 Å². The third-order valence-corrected chi connectivity index (χ3v) is 10.8. The van der Waals surface area contributed by atoms with E-state index in [0.717, 1.165) is 28.2 Å². The summed E-state index contributed by atoms with van der Waals surface area (Å²) in [4.78, 5) is 40.7. The van der Waals surface area contributed by atoms with Gasteiger partial charge in [-0.05, 0) is 139 Å². The van der Waals surface area contributed by atoms with Crippen molar-refractivity contribution in [2.45, 2.75) is 57.5 Å². The van der Waals surface area contributed by atoms with Crippen LogP contribution in [0.1, 0.15) is 67.7 Å². The Morgan fingerprint density at radius 1 is 0.978 bits per heavy atom. The van der Waals surface area contributed by atoms with Gasteiger partial charge < -0.3 is 9.47 Å². The highest BCUT2D eigenvalue weighted by atomic mass is 127. The van der Waals surface area contributed by atoms with Crippen molar-refractivity contribution in [2.24, 2.45) is 17.8 Å². The standard InChI is InChI=1S/C37H34IN3O5/c1-2-45-32-16-22(15-31(38)33(32)46-21-27-6-4-3-5-26(27)20-39)14-30-34(42)40-36(44)41(35(30)43)29-9-7-28(8-10-29)37-17-23-11-24(18-37)13-25(12-23)19-37/h3-10,14-16,23-25H,2,11-13,17-19,21H2,1H3,(H,40,42,44)/b30-14+. The second-order valence-electron chi connectivity index (χ2n) is 13.0. The summed E-state index contributed by atoms with van der Waals surface area (Å²) in [5, 5.41) is 11.8. The van der Waals surface area contributed by atoms with Gasteiger partial charge in [0, 0.05) is 5.56 Å². The quantitative estimate of drug-likeness (QED) is 0.149. The summed E-state index contributed by atoms with van der Waals surface area (Å²) in [6, 6.07) is 19.9. The van der Waals surface area contributed by atoms with Gasteiger partial charge in [0.25, 0.3) is 11.8 Å². The number of amides is 4. The lowest BCUT2D eigenvalue weighted by Crippen LogP contribution is -2.54. The molecule has 0 radical (unpaired) electrons. The number of ether oxygens (including phenoxy) is 2. The number of hydrogen-bond donors (Lipinski definition) is 1. The number of carbonyl (C=O) groups excluding carboxylic acids is 3. The van der Waals surface area contributed by atoms with E-state index in [1.54, 1.807) is 24.3 Å². The molecule has 8 rings (SSSR count). The maximum absolute atomic E-state index is 13.7. The van der Waals surface area contributed by atoms with Crippen molar-refractivity contribution in [3.8, 4) is 17.6 Å². The van der Waals surface area contributed by atoms with Crippen molar-refractivity contribution in [3.05, 3.63) is 92.1 Å². The van der Waals surface area contributed by atoms with Crippen molar-refractivity contribution in [3.63, 3.8) is 0 Å². The monoisotopic (exact) mass is 727 g/mol. The number of barbiturate groups is 1. The van der Waals surface area contributed by atoms with Gasteiger partial charge >= 0.3 is 6.03 Å². The van der Waals surface area contributed by atoms with Crippen molar-refractivity contribution < 1.29 is 23.9 Å². The van der Waals surface area contributed by atoms with Crippen LogP contribution in [0.15, 0.2) is 66.2 Å². The second kappa shape index (κ2) is 12.2. The highest BCUT2D eigenvalue weighted by Gasteiger charge is 2.51. The average molecular weight is 728 g/mol. The van der Waals surface area contributed by atoms with Crippen LogP contribution >= 0.6 is 22.6 Å². The normalized spacial score (nSPS) is 25.8. The van der Waals surface area contributed by atoms with Crippen LogP contribution in [-0.2, 0) is 21.6 Å². The molecule has 234 valence electrons. The Hall–Kier alpha value is -4.17. The summed E-state index contributed by atoms with van der Waals surface area (Å²) in [5.41, 5.74) is 3.59. The fraction of sp³-hybridized carbons (Fsp3) is 0.351. The molecule has 5 aliphatic rings. The lowest BCUT2D eigenvalue weighted by atomic mass is 9.48. The molecule has 4 aliphatic carbocycles. The third kappa shape index (κ3) is 5.57. The van der Waals surface area contributed by atoms with E-state index in [9.17, 15) is 19.6 Å². The molecule has 0 spiro atoms. The zero-order valence-electron chi connectivity index (χ0n) is 25.6. The van der Waals surface area contributed by atoms with E-state index in [1.807, 2.05) is 31.2 Å². The summed E-state index contributed by atoms with van der Waals surface area (Å²) in [5.74, 6) is 1.93. The van der Waals surface area contributed by atoms with E-state index in [0.29, 0.717) is 38.5 Å². The summed E-state index contributed by atoms with van der Waals surface area (Å²) in [7, 11) is 0. The Balaban J connectivity index is 1.14. The molecular weight excluding hydrogens is 693 g/mol. The molecule has 1 N–H and O–H groups in total. The van der Waals surface area contributed by atoms with Gasteiger partial charge in [0.1, 0.15) is 12.2 Å². The van der Waals surface area contributed by atoms with E-state index in [-0.39, 0.29) is 17.6 Å². The van der Waals surface area contributed by atoms with Crippen LogP contribution in [-0.4, -0.2) is 24.5 Å². The number of halogens is 1. The molecule has 5 fully saturated rings.